The molecule has 0 amide bonds. The molecule has 0 saturated carbocycles. The standard InChI is InChI=1S/C24H29N2S2.HI/c1-25-15-17-27-22(25)13-11-20-9-6-10-21(12-14-23-26(2)16-18-28-23)24(20)19-7-4-3-5-8-19;/h3-5,7-8,11-14H,6,9-10,15-18H2,1-2H3;1H/q+1;/p-1. The second-order valence-electron chi connectivity index (χ2n) is 7.53. The van der Waals surface area contributed by atoms with Crippen LogP contribution in [0.5, 0.6) is 0 Å². The first-order valence-electron chi connectivity index (χ1n) is 10.1. The highest BCUT2D eigenvalue weighted by Crippen LogP contribution is 2.38. The fraction of sp³-hybridized carbons (Fsp3) is 0.375. The van der Waals surface area contributed by atoms with Crippen LogP contribution < -0.4 is 24.0 Å². The molecule has 1 aromatic rings. The zero-order chi connectivity index (χ0) is 19.3. The van der Waals surface area contributed by atoms with E-state index in [4.69, 9.17) is 0 Å². The van der Waals surface area contributed by atoms with Crippen molar-refractivity contribution in [2.24, 2.45) is 0 Å². The highest BCUT2D eigenvalue weighted by Gasteiger charge is 2.20. The van der Waals surface area contributed by atoms with Gasteiger partial charge >= 0.3 is 0 Å². The van der Waals surface area contributed by atoms with Gasteiger partial charge in [-0.1, -0.05) is 54.2 Å². The number of benzene rings is 1. The minimum atomic E-state index is 0. The molecule has 1 saturated heterocycles. The molecule has 0 aromatic heterocycles. The van der Waals surface area contributed by atoms with E-state index in [0.29, 0.717) is 0 Å². The molecular formula is C24H29IN2S2. The Morgan fingerprint density at radius 2 is 1.83 bits per heavy atom. The van der Waals surface area contributed by atoms with Crippen LogP contribution in [0.3, 0.4) is 0 Å². The Bertz CT molecular complexity index is 881. The summed E-state index contributed by atoms with van der Waals surface area (Å²) in [7, 11) is 4.39. The molecule has 1 aliphatic carbocycles. The van der Waals surface area contributed by atoms with Crippen LogP contribution in [-0.4, -0.2) is 53.2 Å². The molecule has 0 N–H and O–H groups in total. The molecule has 2 heterocycles. The molecule has 0 radical (unpaired) electrons. The molecule has 1 fully saturated rings. The summed E-state index contributed by atoms with van der Waals surface area (Å²) in [6.45, 7) is 2.30. The summed E-state index contributed by atoms with van der Waals surface area (Å²) in [5.74, 6) is 2.40. The van der Waals surface area contributed by atoms with E-state index >= 15 is 0 Å². The van der Waals surface area contributed by atoms with Crippen LogP contribution >= 0.6 is 23.5 Å². The number of rotatable bonds is 4. The second-order valence-corrected chi connectivity index (χ2v) is 9.76. The van der Waals surface area contributed by atoms with Crippen molar-refractivity contribution in [3.8, 4) is 0 Å². The molecule has 0 atom stereocenters. The number of hydrogen-bond donors (Lipinski definition) is 0. The first-order chi connectivity index (χ1) is 13.7. The molecule has 0 unspecified atom stereocenters. The molecule has 29 heavy (non-hydrogen) atoms. The van der Waals surface area contributed by atoms with Gasteiger partial charge in [-0.05, 0) is 47.6 Å². The number of halogens is 1. The van der Waals surface area contributed by atoms with Gasteiger partial charge in [0.05, 0.1) is 10.8 Å². The van der Waals surface area contributed by atoms with Gasteiger partial charge in [-0.2, -0.15) is 0 Å². The summed E-state index contributed by atoms with van der Waals surface area (Å²) in [5.41, 5.74) is 5.74. The minimum Gasteiger partial charge on any atom is -1.00 e. The third-order valence-corrected chi connectivity index (χ3v) is 7.82. The van der Waals surface area contributed by atoms with Gasteiger partial charge < -0.3 is 28.9 Å². The maximum absolute atomic E-state index is 2.38. The van der Waals surface area contributed by atoms with Crippen LogP contribution in [0.2, 0.25) is 0 Å². The monoisotopic (exact) mass is 536 g/mol. The minimum absolute atomic E-state index is 0. The lowest BCUT2D eigenvalue weighted by atomic mass is 9.83. The van der Waals surface area contributed by atoms with Crippen molar-refractivity contribution in [3.63, 3.8) is 0 Å². The summed E-state index contributed by atoms with van der Waals surface area (Å²) in [4.78, 5) is 2.36. The van der Waals surface area contributed by atoms with Crippen molar-refractivity contribution in [1.82, 2.24) is 4.90 Å². The number of hydrogen-bond acceptors (Lipinski definition) is 3. The topological polar surface area (TPSA) is 6.25 Å². The van der Waals surface area contributed by atoms with Crippen molar-refractivity contribution < 1.29 is 28.6 Å². The first-order valence-corrected chi connectivity index (χ1v) is 12.1. The third kappa shape index (κ3) is 5.61. The fourth-order valence-electron chi connectivity index (χ4n) is 3.94. The van der Waals surface area contributed by atoms with Crippen LogP contribution in [-0.2, 0) is 0 Å². The van der Waals surface area contributed by atoms with E-state index in [2.05, 4.69) is 78.2 Å². The number of allylic oxidation sites excluding steroid dienone is 6. The van der Waals surface area contributed by atoms with Crippen molar-refractivity contribution in [1.29, 1.82) is 0 Å². The molecule has 2 aliphatic heterocycles. The van der Waals surface area contributed by atoms with Crippen LogP contribution in [0.15, 0.2) is 70.8 Å². The van der Waals surface area contributed by atoms with Gasteiger partial charge in [-0.15, -0.1) is 11.8 Å². The van der Waals surface area contributed by atoms with Gasteiger partial charge in [-0.3, -0.25) is 0 Å². The molecule has 154 valence electrons. The van der Waals surface area contributed by atoms with Crippen LogP contribution in [0.25, 0.3) is 5.57 Å². The Labute approximate surface area is 200 Å². The average Bonchev–Trinajstić information content (AvgIpc) is 3.33. The van der Waals surface area contributed by atoms with Gasteiger partial charge in [0.25, 0.3) is 0 Å². The Balaban J connectivity index is 0.00000240. The van der Waals surface area contributed by atoms with Gasteiger partial charge in [0.2, 0.25) is 5.04 Å². The summed E-state index contributed by atoms with van der Waals surface area (Å²) in [5, 5.41) is 2.78. The fourth-order valence-corrected chi connectivity index (χ4v) is 6.04. The van der Waals surface area contributed by atoms with Gasteiger partial charge in [-0.25, -0.2) is 4.58 Å². The van der Waals surface area contributed by atoms with Crippen molar-refractivity contribution in [2.45, 2.75) is 19.3 Å². The van der Waals surface area contributed by atoms with E-state index in [9.17, 15) is 0 Å². The van der Waals surface area contributed by atoms with Gasteiger partial charge in [0, 0.05) is 25.4 Å². The lowest BCUT2D eigenvalue weighted by molar-refractivity contribution is -0.485. The maximum atomic E-state index is 2.38. The highest BCUT2D eigenvalue weighted by molar-refractivity contribution is 8.14. The molecule has 4 rings (SSSR count). The predicted molar refractivity (Wildman–Crippen MR) is 126 cm³/mol. The van der Waals surface area contributed by atoms with E-state index in [1.165, 1.54) is 50.3 Å². The van der Waals surface area contributed by atoms with Crippen molar-refractivity contribution in [3.05, 3.63) is 76.4 Å². The predicted octanol–water partition coefficient (Wildman–Crippen LogP) is 2.42. The third-order valence-electron chi connectivity index (χ3n) is 5.56. The quantitative estimate of drug-likeness (QED) is 0.431. The molecular weight excluding hydrogens is 507 g/mol. The zero-order valence-electron chi connectivity index (χ0n) is 17.2. The highest BCUT2D eigenvalue weighted by atomic mass is 127. The molecule has 5 heteroatoms. The van der Waals surface area contributed by atoms with Gasteiger partial charge in [0.1, 0.15) is 7.05 Å². The van der Waals surface area contributed by atoms with E-state index in [1.807, 2.05) is 23.5 Å². The number of nitrogens with zero attached hydrogens (tertiary/aromatic N) is 2. The normalized spacial score (nSPS) is 23.0. The summed E-state index contributed by atoms with van der Waals surface area (Å²) in [6.07, 6.45) is 13.0. The lowest BCUT2D eigenvalue weighted by Crippen LogP contribution is -3.00. The summed E-state index contributed by atoms with van der Waals surface area (Å²) >= 11 is 3.93. The van der Waals surface area contributed by atoms with Gasteiger partial charge in [0.15, 0.2) is 6.54 Å². The van der Waals surface area contributed by atoms with Crippen LogP contribution in [0, 0.1) is 0 Å². The largest absolute Gasteiger partial charge is 1.00 e. The second kappa shape index (κ2) is 10.9. The van der Waals surface area contributed by atoms with E-state index in [1.54, 1.807) is 0 Å². The average molecular weight is 537 g/mol. The molecule has 2 nitrogen and oxygen atoms in total. The Hall–Kier alpha value is -0.920. The SMILES string of the molecule is CN1CCS/C1=C\C=C1/CCCC(/C=C/C2=[N+](C)CCS2)=C1c1ccccc1.[I-]. The van der Waals surface area contributed by atoms with Crippen LogP contribution in [0.1, 0.15) is 24.8 Å². The smallest absolute Gasteiger partial charge is 0.234 e. The molecule has 3 aliphatic rings. The maximum Gasteiger partial charge on any atom is 0.234 e. The molecule has 0 spiro atoms. The lowest BCUT2D eigenvalue weighted by Gasteiger charge is -2.22. The van der Waals surface area contributed by atoms with E-state index in [-0.39, 0.29) is 24.0 Å². The van der Waals surface area contributed by atoms with Crippen molar-refractivity contribution >= 4 is 34.1 Å². The summed E-state index contributed by atoms with van der Waals surface area (Å²) in [6, 6.07) is 10.9. The first kappa shape index (κ1) is 22.8. The Morgan fingerprint density at radius 1 is 1.00 bits per heavy atom. The molecule has 1 aromatic carbocycles. The Morgan fingerprint density at radius 3 is 2.52 bits per heavy atom. The zero-order valence-corrected chi connectivity index (χ0v) is 21.0. The van der Waals surface area contributed by atoms with E-state index < -0.39 is 0 Å². The van der Waals surface area contributed by atoms with E-state index in [0.717, 1.165) is 25.9 Å². The van der Waals surface area contributed by atoms with Crippen LogP contribution in [0.4, 0.5) is 0 Å². The molecule has 0 bridgehead atoms. The number of thioether (sulfide) groups is 2. The summed E-state index contributed by atoms with van der Waals surface area (Å²) < 4.78 is 2.36. The Kier molecular flexibility index (Phi) is 8.57. The van der Waals surface area contributed by atoms with Crippen molar-refractivity contribution in [2.75, 3.05) is 38.7 Å².